The van der Waals surface area contributed by atoms with E-state index in [1.165, 1.54) is 23.3 Å². The minimum absolute atomic E-state index is 0.472. The average Bonchev–Trinajstić information content (AvgIpc) is 3.12. The fraction of sp³-hybridized carbons (Fsp3) is 0.333. The molecule has 1 aromatic carbocycles. The zero-order chi connectivity index (χ0) is 11.8. The second-order valence-corrected chi connectivity index (χ2v) is 5.90. The predicted molar refractivity (Wildman–Crippen MR) is 71.5 cm³/mol. The molecule has 1 nitrogen and oxygen atoms in total. The number of benzene rings is 1. The van der Waals surface area contributed by atoms with Crippen molar-refractivity contribution in [3.8, 4) is 0 Å². The van der Waals surface area contributed by atoms with E-state index in [0.29, 0.717) is 0 Å². The standard InChI is InChI=1S/C15H16OS/c1-10-14(7-8-17-10)15(16)13-4-2-3-12(9-13)11-5-6-11/h2-4,7-9,11,15-16H,5-6H2,1H3. The Morgan fingerprint density at radius 3 is 2.76 bits per heavy atom. The molecule has 3 rings (SSSR count). The maximum Gasteiger partial charge on any atom is 0.105 e. The largest absolute Gasteiger partial charge is 0.384 e. The number of aliphatic hydroxyl groups excluding tert-OH is 1. The average molecular weight is 244 g/mol. The molecule has 1 heterocycles. The van der Waals surface area contributed by atoms with Gasteiger partial charge in [0.2, 0.25) is 0 Å². The smallest absolute Gasteiger partial charge is 0.105 e. The number of hydrogen-bond donors (Lipinski definition) is 1. The molecule has 0 radical (unpaired) electrons. The van der Waals surface area contributed by atoms with E-state index in [9.17, 15) is 5.11 Å². The van der Waals surface area contributed by atoms with E-state index >= 15 is 0 Å². The summed E-state index contributed by atoms with van der Waals surface area (Å²) in [4.78, 5) is 1.20. The van der Waals surface area contributed by atoms with Gasteiger partial charge in [-0.05, 0) is 53.8 Å². The zero-order valence-electron chi connectivity index (χ0n) is 9.89. The number of thiophene rings is 1. The van der Waals surface area contributed by atoms with Crippen LogP contribution in [-0.2, 0) is 0 Å². The number of hydrogen-bond acceptors (Lipinski definition) is 2. The van der Waals surface area contributed by atoms with Crippen LogP contribution in [0.1, 0.15) is 46.4 Å². The molecule has 1 fully saturated rings. The lowest BCUT2D eigenvalue weighted by molar-refractivity contribution is 0.220. The van der Waals surface area contributed by atoms with Crippen LogP contribution in [0.4, 0.5) is 0 Å². The lowest BCUT2D eigenvalue weighted by Gasteiger charge is -2.12. The summed E-state index contributed by atoms with van der Waals surface area (Å²) < 4.78 is 0. The lowest BCUT2D eigenvalue weighted by Crippen LogP contribution is -2.00. The van der Waals surface area contributed by atoms with Crippen molar-refractivity contribution in [2.24, 2.45) is 0 Å². The van der Waals surface area contributed by atoms with Crippen molar-refractivity contribution in [1.29, 1.82) is 0 Å². The summed E-state index contributed by atoms with van der Waals surface area (Å²) in [6.45, 7) is 2.06. The van der Waals surface area contributed by atoms with Crippen LogP contribution in [0.15, 0.2) is 35.7 Å². The van der Waals surface area contributed by atoms with Gasteiger partial charge in [0.15, 0.2) is 0 Å². The summed E-state index contributed by atoms with van der Waals surface area (Å²) >= 11 is 1.69. The summed E-state index contributed by atoms with van der Waals surface area (Å²) in [5, 5.41) is 12.4. The van der Waals surface area contributed by atoms with Crippen LogP contribution in [0.3, 0.4) is 0 Å². The van der Waals surface area contributed by atoms with Crippen molar-refractivity contribution in [2.45, 2.75) is 31.8 Å². The Kier molecular flexibility index (Phi) is 2.77. The number of rotatable bonds is 3. The molecule has 1 atom stereocenters. The van der Waals surface area contributed by atoms with Crippen molar-refractivity contribution >= 4 is 11.3 Å². The molecule has 0 bridgehead atoms. The van der Waals surface area contributed by atoms with E-state index in [1.807, 2.05) is 17.5 Å². The van der Waals surface area contributed by atoms with Gasteiger partial charge in [-0.3, -0.25) is 0 Å². The highest BCUT2D eigenvalue weighted by molar-refractivity contribution is 7.10. The normalized spacial score (nSPS) is 17.1. The molecule has 88 valence electrons. The molecule has 0 aliphatic heterocycles. The molecule has 0 amide bonds. The van der Waals surface area contributed by atoms with E-state index in [0.717, 1.165) is 17.0 Å². The van der Waals surface area contributed by atoms with Crippen LogP contribution < -0.4 is 0 Å². The molecular formula is C15H16OS. The third-order valence-corrected chi connectivity index (χ3v) is 4.33. The number of aliphatic hydroxyl groups is 1. The fourth-order valence-corrected chi connectivity index (χ4v) is 2.99. The third-order valence-electron chi connectivity index (χ3n) is 3.47. The number of aryl methyl sites for hydroxylation is 1. The van der Waals surface area contributed by atoms with Gasteiger partial charge in [0.05, 0.1) is 0 Å². The van der Waals surface area contributed by atoms with Gasteiger partial charge in [-0.2, -0.15) is 0 Å². The summed E-state index contributed by atoms with van der Waals surface area (Å²) in [5.41, 5.74) is 3.45. The Balaban J connectivity index is 1.93. The molecule has 2 aromatic rings. The molecule has 1 aliphatic carbocycles. The Hall–Kier alpha value is -1.12. The molecule has 0 spiro atoms. The van der Waals surface area contributed by atoms with Crippen LogP contribution in [0.2, 0.25) is 0 Å². The summed E-state index contributed by atoms with van der Waals surface area (Å²) in [6, 6.07) is 10.4. The highest BCUT2D eigenvalue weighted by atomic mass is 32.1. The summed E-state index contributed by atoms with van der Waals surface area (Å²) in [5.74, 6) is 0.741. The second kappa shape index (κ2) is 4.28. The Labute approximate surface area is 106 Å². The van der Waals surface area contributed by atoms with Crippen LogP contribution in [0.25, 0.3) is 0 Å². The van der Waals surface area contributed by atoms with Crippen LogP contribution in [0, 0.1) is 6.92 Å². The van der Waals surface area contributed by atoms with Crippen LogP contribution in [0.5, 0.6) is 0 Å². The first-order chi connectivity index (χ1) is 8.25. The monoisotopic (exact) mass is 244 g/mol. The van der Waals surface area contributed by atoms with Gasteiger partial charge in [0, 0.05) is 4.88 Å². The predicted octanol–water partition coefficient (Wildman–Crippen LogP) is 4.02. The van der Waals surface area contributed by atoms with Crippen molar-refractivity contribution in [1.82, 2.24) is 0 Å². The van der Waals surface area contributed by atoms with E-state index in [-0.39, 0.29) is 0 Å². The Bertz CT molecular complexity index is 525. The van der Waals surface area contributed by atoms with Gasteiger partial charge in [-0.25, -0.2) is 0 Å². The molecule has 0 saturated heterocycles. The molecule has 1 unspecified atom stereocenters. The Morgan fingerprint density at radius 1 is 1.29 bits per heavy atom. The molecule has 1 aromatic heterocycles. The first-order valence-corrected chi connectivity index (χ1v) is 6.95. The quantitative estimate of drug-likeness (QED) is 0.864. The SMILES string of the molecule is Cc1sccc1C(O)c1cccc(C2CC2)c1. The van der Waals surface area contributed by atoms with Crippen LogP contribution in [-0.4, -0.2) is 5.11 Å². The van der Waals surface area contributed by atoms with Gasteiger partial charge in [0.25, 0.3) is 0 Å². The minimum atomic E-state index is -0.472. The maximum atomic E-state index is 10.4. The van der Waals surface area contributed by atoms with Gasteiger partial charge in [-0.1, -0.05) is 24.3 Å². The fourth-order valence-electron chi connectivity index (χ4n) is 2.26. The molecule has 1 aliphatic rings. The second-order valence-electron chi connectivity index (χ2n) is 4.78. The van der Waals surface area contributed by atoms with Gasteiger partial charge < -0.3 is 5.11 Å². The molecule has 2 heteroatoms. The van der Waals surface area contributed by atoms with Crippen molar-refractivity contribution < 1.29 is 5.11 Å². The van der Waals surface area contributed by atoms with E-state index < -0.39 is 6.10 Å². The third kappa shape index (κ3) is 2.15. The minimum Gasteiger partial charge on any atom is -0.384 e. The van der Waals surface area contributed by atoms with Gasteiger partial charge >= 0.3 is 0 Å². The van der Waals surface area contributed by atoms with Crippen molar-refractivity contribution in [2.75, 3.05) is 0 Å². The highest BCUT2D eigenvalue weighted by Gasteiger charge is 2.24. The van der Waals surface area contributed by atoms with Crippen molar-refractivity contribution in [3.63, 3.8) is 0 Å². The molecule has 1 saturated carbocycles. The molecule has 1 N–H and O–H groups in total. The van der Waals surface area contributed by atoms with Crippen LogP contribution >= 0.6 is 11.3 Å². The zero-order valence-corrected chi connectivity index (χ0v) is 10.7. The van der Waals surface area contributed by atoms with Gasteiger partial charge in [-0.15, -0.1) is 11.3 Å². The first-order valence-electron chi connectivity index (χ1n) is 6.07. The van der Waals surface area contributed by atoms with E-state index in [4.69, 9.17) is 0 Å². The Morgan fingerprint density at radius 2 is 2.12 bits per heavy atom. The van der Waals surface area contributed by atoms with Crippen molar-refractivity contribution in [3.05, 3.63) is 57.3 Å². The highest BCUT2D eigenvalue weighted by Crippen LogP contribution is 2.41. The summed E-state index contributed by atoms with van der Waals surface area (Å²) in [7, 11) is 0. The first kappa shape index (κ1) is 11.0. The maximum absolute atomic E-state index is 10.4. The summed E-state index contributed by atoms with van der Waals surface area (Å²) in [6.07, 6.45) is 2.13. The van der Waals surface area contributed by atoms with E-state index in [1.54, 1.807) is 11.3 Å². The topological polar surface area (TPSA) is 20.2 Å². The molecule has 17 heavy (non-hydrogen) atoms. The van der Waals surface area contributed by atoms with E-state index in [2.05, 4.69) is 25.1 Å². The molecular weight excluding hydrogens is 228 g/mol. The lowest BCUT2D eigenvalue weighted by atomic mass is 9.99. The van der Waals surface area contributed by atoms with Gasteiger partial charge in [0.1, 0.15) is 6.10 Å².